The maximum absolute atomic E-state index is 5.58. The van der Waals surface area contributed by atoms with Gasteiger partial charge in [0.15, 0.2) is 0 Å². The fourth-order valence-corrected chi connectivity index (χ4v) is 1.74. The van der Waals surface area contributed by atoms with Crippen molar-refractivity contribution in [3.05, 3.63) is 24.3 Å². The van der Waals surface area contributed by atoms with Crippen LogP contribution >= 0.6 is 0 Å². The van der Waals surface area contributed by atoms with Gasteiger partial charge < -0.3 is 4.74 Å². The molecule has 0 saturated heterocycles. The predicted molar refractivity (Wildman–Crippen MR) is 49.8 cm³/mol. The molecule has 0 radical (unpaired) electrons. The third-order valence-corrected chi connectivity index (χ3v) is 2.35. The lowest BCUT2D eigenvalue weighted by atomic mass is 10.2. The Labute approximate surface area is 75.9 Å². The van der Waals surface area contributed by atoms with Crippen molar-refractivity contribution in [3.8, 4) is 5.88 Å². The van der Waals surface area contributed by atoms with Crippen molar-refractivity contribution < 1.29 is 4.74 Å². The van der Waals surface area contributed by atoms with E-state index in [0.717, 1.165) is 36.4 Å². The lowest BCUT2D eigenvalue weighted by Crippen LogP contribution is -2.14. The summed E-state index contributed by atoms with van der Waals surface area (Å²) in [6, 6.07) is 8.09. The average Bonchev–Trinajstić information content (AvgIpc) is 2.56. The SMILES string of the molecule is c1ccc2c3n(nc2c1)CCCO3. The van der Waals surface area contributed by atoms with E-state index in [1.807, 2.05) is 22.9 Å². The Bertz CT molecular complexity index is 447. The molecule has 66 valence electrons. The van der Waals surface area contributed by atoms with Gasteiger partial charge in [-0.25, -0.2) is 4.68 Å². The van der Waals surface area contributed by atoms with Gasteiger partial charge in [-0.15, -0.1) is 0 Å². The Morgan fingerprint density at radius 2 is 2.23 bits per heavy atom. The molecule has 1 aliphatic heterocycles. The first kappa shape index (κ1) is 6.95. The van der Waals surface area contributed by atoms with E-state index in [9.17, 15) is 0 Å². The highest BCUT2D eigenvalue weighted by atomic mass is 16.5. The molecule has 0 N–H and O–H groups in total. The molecule has 1 aromatic heterocycles. The van der Waals surface area contributed by atoms with Gasteiger partial charge in [-0.3, -0.25) is 0 Å². The molecule has 13 heavy (non-hydrogen) atoms. The minimum atomic E-state index is 0.815. The van der Waals surface area contributed by atoms with Crippen molar-refractivity contribution in [1.29, 1.82) is 0 Å². The Morgan fingerprint density at radius 1 is 1.31 bits per heavy atom. The van der Waals surface area contributed by atoms with E-state index in [4.69, 9.17) is 4.74 Å². The van der Waals surface area contributed by atoms with Gasteiger partial charge in [0.05, 0.1) is 17.5 Å². The molecule has 3 rings (SSSR count). The van der Waals surface area contributed by atoms with E-state index in [-0.39, 0.29) is 0 Å². The fourth-order valence-electron chi connectivity index (χ4n) is 1.74. The summed E-state index contributed by atoms with van der Waals surface area (Å²) >= 11 is 0. The van der Waals surface area contributed by atoms with Crippen LogP contribution in [0.3, 0.4) is 0 Å². The highest BCUT2D eigenvalue weighted by molar-refractivity contribution is 5.84. The van der Waals surface area contributed by atoms with Crippen LogP contribution in [0.5, 0.6) is 5.88 Å². The van der Waals surface area contributed by atoms with Gasteiger partial charge in [-0.1, -0.05) is 12.1 Å². The minimum absolute atomic E-state index is 0.815. The van der Waals surface area contributed by atoms with Crippen molar-refractivity contribution in [2.45, 2.75) is 13.0 Å². The number of fused-ring (bicyclic) bond motifs is 3. The maximum Gasteiger partial charge on any atom is 0.219 e. The summed E-state index contributed by atoms with van der Waals surface area (Å²) in [6.45, 7) is 1.79. The van der Waals surface area contributed by atoms with Crippen LogP contribution in [0.25, 0.3) is 10.9 Å². The fraction of sp³-hybridized carbons (Fsp3) is 0.300. The van der Waals surface area contributed by atoms with Gasteiger partial charge in [-0.05, 0) is 12.1 Å². The normalized spacial score (nSPS) is 15.4. The molecule has 2 aromatic rings. The van der Waals surface area contributed by atoms with Gasteiger partial charge >= 0.3 is 0 Å². The summed E-state index contributed by atoms with van der Waals surface area (Å²) in [5, 5.41) is 5.57. The number of hydrogen-bond donors (Lipinski definition) is 0. The molecule has 0 bridgehead atoms. The molecular formula is C10H10N2O. The average molecular weight is 174 g/mol. The molecule has 0 spiro atoms. The van der Waals surface area contributed by atoms with Crippen LogP contribution in [-0.4, -0.2) is 16.4 Å². The summed E-state index contributed by atoms with van der Waals surface area (Å²) < 4.78 is 7.53. The molecule has 3 heteroatoms. The zero-order valence-electron chi connectivity index (χ0n) is 7.23. The zero-order chi connectivity index (χ0) is 8.67. The van der Waals surface area contributed by atoms with E-state index >= 15 is 0 Å². The third kappa shape index (κ3) is 0.932. The molecular weight excluding hydrogens is 164 g/mol. The van der Waals surface area contributed by atoms with Gasteiger partial charge in [-0.2, -0.15) is 5.10 Å². The smallest absolute Gasteiger partial charge is 0.219 e. The van der Waals surface area contributed by atoms with Crippen molar-refractivity contribution in [2.75, 3.05) is 6.61 Å². The van der Waals surface area contributed by atoms with Crippen LogP contribution < -0.4 is 4.74 Å². The molecule has 0 amide bonds. The number of benzene rings is 1. The molecule has 0 saturated carbocycles. The number of aromatic nitrogens is 2. The summed E-state index contributed by atoms with van der Waals surface area (Å²) in [4.78, 5) is 0. The van der Waals surface area contributed by atoms with Gasteiger partial charge in [0.25, 0.3) is 0 Å². The Kier molecular flexibility index (Phi) is 1.33. The quantitative estimate of drug-likeness (QED) is 0.609. The standard InChI is InChI=1S/C10H10N2O/c1-2-5-9-8(4-1)10-12(11-9)6-3-7-13-10/h1-2,4-5H,3,6-7H2. The van der Waals surface area contributed by atoms with Crippen LogP contribution in [0, 0.1) is 0 Å². The predicted octanol–water partition coefficient (Wildman–Crippen LogP) is 1.82. The highest BCUT2D eigenvalue weighted by Crippen LogP contribution is 2.27. The first-order valence-corrected chi connectivity index (χ1v) is 4.53. The largest absolute Gasteiger partial charge is 0.477 e. The molecule has 0 aliphatic carbocycles. The van der Waals surface area contributed by atoms with Crippen LogP contribution in [-0.2, 0) is 6.54 Å². The van der Waals surface area contributed by atoms with Gasteiger partial charge in [0, 0.05) is 13.0 Å². The Morgan fingerprint density at radius 3 is 3.23 bits per heavy atom. The number of nitrogens with zero attached hydrogens (tertiary/aromatic N) is 2. The molecule has 0 atom stereocenters. The van der Waals surface area contributed by atoms with Crippen LogP contribution in [0.1, 0.15) is 6.42 Å². The number of aryl methyl sites for hydroxylation is 1. The molecule has 1 aromatic carbocycles. The van der Waals surface area contributed by atoms with Crippen LogP contribution in [0.2, 0.25) is 0 Å². The second-order valence-corrected chi connectivity index (χ2v) is 3.25. The first-order valence-electron chi connectivity index (χ1n) is 4.53. The van der Waals surface area contributed by atoms with Crippen molar-refractivity contribution in [1.82, 2.24) is 9.78 Å². The Balaban J connectivity index is 2.34. The lowest BCUT2D eigenvalue weighted by Gasteiger charge is -2.14. The summed E-state index contributed by atoms with van der Waals surface area (Å²) in [5.41, 5.74) is 1.03. The van der Waals surface area contributed by atoms with Crippen molar-refractivity contribution >= 4 is 10.9 Å². The second kappa shape index (κ2) is 2.49. The van der Waals surface area contributed by atoms with Crippen LogP contribution in [0.15, 0.2) is 24.3 Å². The number of ether oxygens (including phenoxy) is 1. The lowest BCUT2D eigenvalue weighted by molar-refractivity contribution is 0.233. The van der Waals surface area contributed by atoms with Crippen molar-refractivity contribution in [2.24, 2.45) is 0 Å². The highest BCUT2D eigenvalue weighted by Gasteiger charge is 2.14. The monoisotopic (exact) mass is 174 g/mol. The summed E-state index contributed by atoms with van der Waals surface area (Å²) in [6.07, 6.45) is 1.06. The van der Waals surface area contributed by atoms with Crippen LogP contribution in [0.4, 0.5) is 0 Å². The van der Waals surface area contributed by atoms with Gasteiger partial charge in [0.2, 0.25) is 5.88 Å². The number of rotatable bonds is 0. The van der Waals surface area contributed by atoms with E-state index in [2.05, 4.69) is 11.2 Å². The molecule has 0 fully saturated rings. The van der Waals surface area contributed by atoms with E-state index < -0.39 is 0 Å². The van der Waals surface area contributed by atoms with E-state index in [1.165, 1.54) is 0 Å². The van der Waals surface area contributed by atoms with Gasteiger partial charge in [0.1, 0.15) is 0 Å². The minimum Gasteiger partial charge on any atom is -0.477 e. The molecule has 2 heterocycles. The Hall–Kier alpha value is -1.51. The van der Waals surface area contributed by atoms with E-state index in [1.54, 1.807) is 0 Å². The zero-order valence-corrected chi connectivity index (χ0v) is 7.23. The summed E-state index contributed by atoms with van der Waals surface area (Å²) in [7, 11) is 0. The third-order valence-electron chi connectivity index (χ3n) is 2.35. The maximum atomic E-state index is 5.58. The molecule has 1 aliphatic rings. The van der Waals surface area contributed by atoms with E-state index in [0.29, 0.717) is 0 Å². The molecule has 3 nitrogen and oxygen atoms in total. The number of hydrogen-bond acceptors (Lipinski definition) is 2. The summed E-state index contributed by atoms with van der Waals surface area (Å²) in [5.74, 6) is 0.932. The second-order valence-electron chi connectivity index (χ2n) is 3.25. The van der Waals surface area contributed by atoms with Crippen molar-refractivity contribution in [3.63, 3.8) is 0 Å². The first-order chi connectivity index (χ1) is 6.45. The molecule has 0 unspecified atom stereocenters. The topological polar surface area (TPSA) is 27.1 Å².